The predicted molar refractivity (Wildman–Crippen MR) is 66.5 cm³/mol. The van der Waals surface area contributed by atoms with Crippen LogP contribution in [-0.4, -0.2) is 34.7 Å². The van der Waals surface area contributed by atoms with Crippen molar-refractivity contribution in [1.29, 1.82) is 0 Å². The number of aromatic nitrogens is 1. The smallest absolute Gasteiger partial charge is 0.402 e. The van der Waals surface area contributed by atoms with Crippen LogP contribution < -0.4 is 0 Å². The van der Waals surface area contributed by atoms with E-state index in [-0.39, 0.29) is 6.61 Å². The first-order chi connectivity index (χ1) is 7.75. The molecule has 0 spiro atoms. The average Bonchev–Trinajstić information content (AvgIpc) is 2.66. The molecule has 0 saturated carbocycles. The zero-order valence-electron chi connectivity index (χ0n) is 8.37. The molecule has 0 aliphatic carbocycles. The summed E-state index contributed by atoms with van der Waals surface area (Å²) in [5, 5.41) is 16.9. The molecule has 1 heterocycles. The molecule has 1 aromatic heterocycles. The van der Waals surface area contributed by atoms with E-state index < -0.39 is 7.32 Å². The molecule has 0 aliphatic heterocycles. The van der Waals surface area contributed by atoms with Crippen molar-refractivity contribution in [3.8, 4) is 0 Å². The van der Waals surface area contributed by atoms with E-state index in [4.69, 9.17) is 10.0 Å². The van der Waals surface area contributed by atoms with Crippen LogP contribution in [0.2, 0.25) is 0 Å². The maximum atomic E-state index is 8.47. The van der Waals surface area contributed by atoms with Gasteiger partial charge in [-0.15, -0.1) is 11.3 Å². The average molecular weight is 255 g/mol. The largest absolute Gasteiger partial charge is 0.633 e. The molecule has 1 aromatic carbocycles. The van der Waals surface area contributed by atoms with Gasteiger partial charge in [-0.1, -0.05) is 23.9 Å². The summed E-state index contributed by atoms with van der Waals surface area (Å²) < 4.78 is 6.73. The van der Waals surface area contributed by atoms with Gasteiger partial charge in [0.05, 0.1) is 10.2 Å². The summed E-state index contributed by atoms with van der Waals surface area (Å²) in [5.41, 5.74) is 0.998. The van der Waals surface area contributed by atoms with Gasteiger partial charge in [0.1, 0.15) is 0 Å². The summed E-state index contributed by atoms with van der Waals surface area (Å²) in [5.74, 6) is 0.650. The van der Waals surface area contributed by atoms with Crippen LogP contribution in [0.1, 0.15) is 0 Å². The molecule has 0 atom stereocenters. The van der Waals surface area contributed by atoms with Crippen LogP contribution in [-0.2, 0) is 4.65 Å². The van der Waals surface area contributed by atoms with E-state index in [0.717, 1.165) is 14.6 Å². The van der Waals surface area contributed by atoms with Crippen LogP contribution in [0.3, 0.4) is 0 Å². The summed E-state index contributed by atoms with van der Waals surface area (Å²) in [6.07, 6.45) is 0. The zero-order chi connectivity index (χ0) is 11.4. The van der Waals surface area contributed by atoms with Crippen LogP contribution in [0.25, 0.3) is 10.2 Å². The molecule has 84 valence electrons. The van der Waals surface area contributed by atoms with Gasteiger partial charge < -0.3 is 14.7 Å². The maximum absolute atomic E-state index is 8.47. The molecule has 0 bridgehead atoms. The molecule has 16 heavy (non-hydrogen) atoms. The molecule has 0 unspecified atom stereocenters. The molecule has 7 heteroatoms. The van der Waals surface area contributed by atoms with Crippen LogP contribution in [0.5, 0.6) is 0 Å². The maximum Gasteiger partial charge on any atom is 0.633 e. The van der Waals surface area contributed by atoms with Crippen LogP contribution in [0.15, 0.2) is 28.6 Å². The molecule has 0 amide bonds. The van der Waals surface area contributed by atoms with E-state index in [1.165, 1.54) is 0 Å². The number of thioether (sulfide) groups is 1. The highest BCUT2D eigenvalue weighted by atomic mass is 32.2. The summed E-state index contributed by atoms with van der Waals surface area (Å²) in [6.45, 7) is 0.290. The topological polar surface area (TPSA) is 62.6 Å². The minimum absolute atomic E-state index is 0.290. The number of hydrogen-bond donors (Lipinski definition) is 2. The Hall–Kier alpha value is -0.595. The van der Waals surface area contributed by atoms with E-state index in [1.54, 1.807) is 23.1 Å². The Labute approximate surface area is 101 Å². The minimum Gasteiger partial charge on any atom is -0.402 e. The van der Waals surface area contributed by atoms with Crippen LogP contribution >= 0.6 is 23.1 Å². The number of para-hydroxylation sites is 1. The first-order valence-electron chi connectivity index (χ1n) is 4.72. The SMILES string of the molecule is OB(O)OCCSc1nc2ccccc2s1. The fourth-order valence-corrected chi connectivity index (χ4v) is 3.16. The monoisotopic (exact) mass is 255 g/mol. The lowest BCUT2D eigenvalue weighted by Gasteiger charge is -1.99. The Bertz CT molecular complexity index is 430. The molecule has 0 aliphatic rings. The van der Waals surface area contributed by atoms with Crippen molar-refractivity contribution >= 4 is 40.6 Å². The lowest BCUT2D eigenvalue weighted by Crippen LogP contribution is -2.18. The standard InChI is InChI=1S/C9H10BNO3S2/c12-10(13)14-5-6-15-9-11-7-3-1-2-4-8(7)16-9/h1-4,12-13H,5-6H2. The lowest BCUT2D eigenvalue weighted by molar-refractivity contribution is 0.198. The molecule has 0 radical (unpaired) electrons. The molecule has 0 fully saturated rings. The van der Waals surface area contributed by atoms with E-state index in [1.807, 2.05) is 24.3 Å². The lowest BCUT2D eigenvalue weighted by atomic mass is 10.3. The number of benzene rings is 1. The number of hydrogen-bond acceptors (Lipinski definition) is 6. The van der Waals surface area contributed by atoms with Crippen molar-refractivity contribution in [2.75, 3.05) is 12.4 Å². The minimum atomic E-state index is -1.68. The Morgan fingerprint density at radius 3 is 2.94 bits per heavy atom. The second-order valence-corrected chi connectivity index (χ2v) is 5.37. The molecule has 2 rings (SSSR count). The highest BCUT2D eigenvalue weighted by molar-refractivity contribution is 8.01. The van der Waals surface area contributed by atoms with Gasteiger partial charge in [-0.3, -0.25) is 0 Å². The summed E-state index contributed by atoms with van der Waals surface area (Å²) in [7, 11) is -1.68. The van der Waals surface area contributed by atoms with Crippen molar-refractivity contribution in [2.24, 2.45) is 0 Å². The van der Waals surface area contributed by atoms with Crippen molar-refractivity contribution in [2.45, 2.75) is 4.34 Å². The Kier molecular flexibility index (Phi) is 4.19. The van der Waals surface area contributed by atoms with Crippen molar-refractivity contribution in [1.82, 2.24) is 4.98 Å². The van der Waals surface area contributed by atoms with Crippen molar-refractivity contribution in [3.63, 3.8) is 0 Å². The normalized spacial score (nSPS) is 10.9. The Morgan fingerprint density at radius 2 is 2.19 bits per heavy atom. The second-order valence-electron chi connectivity index (χ2n) is 2.99. The summed E-state index contributed by atoms with van der Waals surface area (Å²) >= 11 is 3.18. The van der Waals surface area contributed by atoms with Crippen LogP contribution in [0, 0.1) is 0 Å². The molecular weight excluding hydrogens is 245 g/mol. The predicted octanol–water partition coefficient (Wildman–Crippen LogP) is 1.37. The third-order valence-electron chi connectivity index (χ3n) is 1.85. The van der Waals surface area contributed by atoms with Gasteiger partial charge >= 0.3 is 7.32 Å². The highest BCUT2D eigenvalue weighted by Gasteiger charge is 2.08. The molecule has 4 nitrogen and oxygen atoms in total. The van der Waals surface area contributed by atoms with Crippen LogP contribution in [0.4, 0.5) is 0 Å². The number of thiazole rings is 1. The second kappa shape index (κ2) is 5.65. The molecule has 2 N–H and O–H groups in total. The first kappa shape index (κ1) is 11.9. The first-order valence-corrected chi connectivity index (χ1v) is 6.52. The van der Waals surface area contributed by atoms with E-state index in [0.29, 0.717) is 5.75 Å². The Balaban J connectivity index is 1.89. The molecule has 0 saturated heterocycles. The van der Waals surface area contributed by atoms with Gasteiger partial charge in [0, 0.05) is 12.4 Å². The van der Waals surface area contributed by atoms with Gasteiger partial charge in [-0.05, 0) is 12.1 Å². The molecule has 2 aromatic rings. The zero-order valence-corrected chi connectivity index (χ0v) is 10.0. The fourth-order valence-electron chi connectivity index (χ4n) is 1.20. The number of rotatable bonds is 5. The van der Waals surface area contributed by atoms with Crippen molar-refractivity contribution in [3.05, 3.63) is 24.3 Å². The van der Waals surface area contributed by atoms with Gasteiger partial charge in [0.25, 0.3) is 0 Å². The summed E-state index contributed by atoms with van der Waals surface area (Å²) in [6, 6.07) is 7.96. The third-order valence-corrected chi connectivity index (χ3v) is 3.99. The van der Waals surface area contributed by atoms with Gasteiger partial charge in [0.2, 0.25) is 0 Å². The Morgan fingerprint density at radius 1 is 1.38 bits per heavy atom. The van der Waals surface area contributed by atoms with Gasteiger partial charge in [-0.25, -0.2) is 4.98 Å². The number of nitrogens with zero attached hydrogens (tertiary/aromatic N) is 1. The third kappa shape index (κ3) is 3.20. The highest BCUT2D eigenvalue weighted by Crippen LogP contribution is 2.28. The van der Waals surface area contributed by atoms with Gasteiger partial charge in [-0.2, -0.15) is 0 Å². The quantitative estimate of drug-likeness (QED) is 0.480. The number of fused-ring (bicyclic) bond motifs is 1. The van der Waals surface area contributed by atoms with E-state index in [2.05, 4.69) is 9.64 Å². The molecular formula is C9H10BNO3S2. The summed E-state index contributed by atoms with van der Waals surface area (Å²) in [4.78, 5) is 4.43. The van der Waals surface area contributed by atoms with Crippen molar-refractivity contribution < 1.29 is 14.7 Å². The van der Waals surface area contributed by atoms with E-state index in [9.17, 15) is 0 Å². The van der Waals surface area contributed by atoms with Gasteiger partial charge in [0.15, 0.2) is 4.34 Å². The fraction of sp³-hybridized carbons (Fsp3) is 0.222. The van der Waals surface area contributed by atoms with E-state index >= 15 is 0 Å².